The molecule has 0 aliphatic carbocycles. The van der Waals surface area contributed by atoms with Gasteiger partial charge in [0, 0.05) is 18.8 Å². The molecule has 0 unspecified atom stereocenters. The Morgan fingerprint density at radius 2 is 1.36 bits per heavy atom. The van der Waals surface area contributed by atoms with E-state index in [2.05, 4.69) is 11.8 Å². The van der Waals surface area contributed by atoms with E-state index in [0.29, 0.717) is 0 Å². The van der Waals surface area contributed by atoms with Crippen molar-refractivity contribution in [3.63, 3.8) is 0 Å². The van der Waals surface area contributed by atoms with Crippen LogP contribution in [0.2, 0.25) is 0 Å². The molecule has 0 spiro atoms. The Morgan fingerprint density at radius 3 is 1.95 bits per heavy atom. The normalized spacial score (nSPS) is 15.2. The van der Waals surface area contributed by atoms with E-state index in [1.807, 2.05) is 21.6 Å². The molecule has 0 radical (unpaired) electrons. The maximum absolute atomic E-state index is 5.52. The summed E-state index contributed by atoms with van der Waals surface area (Å²) < 4.78 is 1.12. The predicted molar refractivity (Wildman–Crippen MR) is 110 cm³/mol. The van der Waals surface area contributed by atoms with Crippen LogP contribution < -0.4 is 0 Å². The van der Waals surface area contributed by atoms with Crippen molar-refractivity contribution >= 4 is 38.1 Å². The Bertz CT molecular complexity index is 265. The van der Waals surface area contributed by atoms with Crippen molar-refractivity contribution in [2.75, 3.05) is 18.8 Å². The molecule has 1 rings (SSSR count). The monoisotopic (exact) mass is 361 g/mol. The fraction of sp³-hybridized carbons (Fsp3) is 0.944. The van der Waals surface area contributed by atoms with Crippen LogP contribution in [0, 0.1) is 0 Å². The Kier molecular flexibility index (Phi) is 14.2. The van der Waals surface area contributed by atoms with Crippen molar-refractivity contribution < 1.29 is 0 Å². The molecule has 0 aromatic heterocycles. The van der Waals surface area contributed by atoms with Crippen LogP contribution in [0.15, 0.2) is 0 Å². The van der Waals surface area contributed by atoms with Crippen molar-refractivity contribution in [2.45, 2.75) is 90.4 Å². The lowest BCUT2D eigenvalue weighted by atomic mass is 10.1. The lowest BCUT2D eigenvalue weighted by molar-refractivity contribution is 0.352. The highest BCUT2D eigenvalue weighted by Gasteiger charge is 2.13. The predicted octanol–water partition coefficient (Wildman–Crippen LogP) is 7.06. The van der Waals surface area contributed by atoms with Crippen molar-refractivity contribution in [1.29, 1.82) is 0 Å². The Labute approximate surface area is 152 Å². The number of piperidine rings is 1. The lowest BCUT2D eigenvalue weighted by Gasteiger charge is -2.28. The fourth-order valence-corrected chi connectivity index (χ4v) is 5.50. The number of hydrogen-bond acceptors (Lipinski definition) is 3. The maximum atomic E-state index is 5.52. The van der Waals surface area contributed by atoms with Crippen LogP contribution in [0.1, 0.15) is 90.4 Å². The van der Waals surface area contributed by atoms with Gasteiger partial charge in [-0.1, -0.05) is 87.7 Å². The first-order chi connectivity index (χ1) is 10.8. The van der Waals surface area contributed by atoms with Crippen molar-refractivity contribution in [3.8, 4) is 0 Å². The number of likely N-dealkylation sites (tertiary alicyclic amines) is 1. The van der Waals surface area contributed by atoms with E-state index in [4.69, 9.17) is 12.2 Å². The van der Waals surface area contributed by atoms with Gasteiger partial charge in [-0.25, -0.2) is 0 Å². The molecule has 0 atom stereocenters. The Balaban J connectivity index is 1.78. The van der Waals surface area contributed by atoms with Gasteiger partial charge in [-0.05, 0) is 36.5 Å². The van der Waals surface area contributed by atoms with E-state index in [-0.39, 0.29) is 0 Å². The van der Waals surface area contributed by atoms with Crippen molar-refractivity contribution in [3.05, 3.63) is 0 Å². The molecule has 1 saturated heterocycles. The van der Waals surface area contributed by atoms with Crippen LogP contribution in [0.3, 0.4) is 0 Å². The molecule has 0 aromatic rings. The smallest absolute Gasteiger partial charge is 0.147 e. The van der Waals surface area contributed by atoms with Gasteiger partial charge < -0.3 is 4.90 Å². The number of rotatable bonds is 12. The first kappa shape index (κ1) is 20.6. The molecular formula is C18H35NS3. The van der Waals surface area contributed by atoms with Crippen molar-refractivity contribution in [2.24, 2.45) is 0 Å². The molecule has 1 aliphatic rings. The largest absolute Gasteiger partial charge is 0.357 e. The SMILES string of the molecule is CCCCCCCCCCCCSSC(=S)N1CCCCC1. The molecule has 0 N–H and O–H groups in total. The van der Waals surface area contributed by atoms with Gasteiger partial charge in [0.25, 0.3) is 0 Å². The van der Waals surface area contributed by atoms with Gasteiger partial charge in [-0.3, -0.25) is 0 Å². The summed E-state index contributed by atoms with van der Waals surface area (Å²) in [5.41, 5.74) is 0. The second kappa shape index (κ2) is 15.1. The summed E-state index contributed by atoms with van der Waals surface area (Å²) in [6, 6.07) is 0. The van der Waals surface area contributed by atoms with E-state index in [0.717, 1.165) is 4.32 Å². The highest BCUT2D eigenvalue weighted by molar-refractivity contribution is 8.83. The van der Waals surface area contributed by atoms with E-state index < -0.39 is 0 Å². The quantitative estimate of drug-likeness (QED) is 0.208. The van der Waals surface area contributed by atoms with Gasteiger partial charge in [0.1, 0.15) is 4.32 Å². The lowest BCUT2D eigenvalue weighted by Crippen LogP contribution is -2.32. The highest BCUT2D eigenvalue weighted by Crippen LogP contribution is 2.28. The summed E-state index contributed by atoms with van der Waals surface area (Å²) in [4.78, 5) is 2.40. The molecule has 1 aliphatic heterocycles. The standard InChI is InChI=1S/C18H35NS3/c1-2-3-4-5-6-7-8-9-10-14-17-21-22-18(20)19-15-12-11-13-16-19/h2-17H2,1H3. The third-order valence-corrected chi connectivity index (χ3v) is 7.45. The van der Waals surface area contributed by atoms with Gasteiger partial charge >= 0.3 is 0 Å². The van der Waals surface area contributed by atoms with E-state index >= 15 is 0 Å². The Hall–Kier alpha value is 0.590. The fourth-order valence-electron chi connectivity index (χ4n) is 2.87. The summed E-state index contributed by atoms with van der Waals surface area (Å²) in [6.45, 7) is 4.66. The van der Waals surface area contributed by atoms with Crippen LogP contribution in [0.5, 0.6) is 0 Å². The zero-order valence-corrected chi connectivity index (χ0v) is 16.9. The van der Waals surface area contributed by atoms with Crippen LogP contribution in [-0.4, -0.2) is 28.1 Å². The summed E-state index contributed by atoms with van der Waals surface area (Å²) in [7, 11) is 3.80. The van der Waals surface area contributed by atoms with Crippen LogP contribution >= 0.6 is 33.8 Å². The average molecular weight is 362 g/mol. The number of nitrogens with zero attached hydrogens (tertiary/aromatic N) is 1. The molecule has 1 heterocycles. The molecular weight excluding hydrogens is 326 g/mol. The second-order valence-corrected chi connectivity index (χ2v) is 9.45. The number of hydrogen-bond donors (Lipinski definition) is 0. The number of thiocarbonyl (C=S) groups is 1. The summed E-state index contributed by atoms with van der Waals surface area (Å²) in [6.07, 6.45) is 18.2. The minimum atomic E-state index is 1.12. The first-order valence-corrected chi connectivity index (χ1v) is 12.2. The summed E-state index contributed by atoms with van der Waals surface area (Å²) in [5, 5.41) is 0. The minimum absolute atomic E-state index is 1.12. The highest BCUT2D eigenvalue weighted by atomic mass is 33.1. The molecule has 0 saturated carbocycles. The average Bonchev–Trinajstić information content (AvgIpc) is 2.56. The first-order valence-electron chi connectivity index (χ1n) is 9.43. The third-order valence-electron chi connectivity index (χ3n) is 4.33. The maximum Gasteiger partial charge on any atom is 0.147 e. The topological polar surface area (TPSA) is 3.24 Å². The van der Waals surface area contributed by atoms with Crippen LogP contribution in [0.25, 0.3) is 0 Å². The zero-order valence-electron chi connectivity index (χ0n) is 14.5. The zero-order chi connectivity index (χ0) is 15.9. The molecule has 130 valence electrons. The number of unbranched alkanes of at least 4 members (excludes halogenated alkanes) is 9. The van der Waals surface area contributed by atoms with Crippen molar-refractivity contribution in [1.82, 2.24) is 4.90 Å². The summed E-state index contributed by atoms with van der Waals surface area (Å²) >= 11 is 5.52. The van der Waals surface area contributed by atoms with Gasteiger partial charge in [0.15, 0.2) is 0 Å². The Morgan fingerprint density at radius 1 is 0.818 bits per heavy atom. The van der Waals surface area contributed by atoms with E-state index in [1.165, 1.54) is 102 Å². The molecule has 1 nitrogen and oxygen atoms in total. The molecule has 4 heteroatoms. The van der Waals surface area contributed by atoms with E-state index in [1.54, 1.807) is 0 Å². The minimum Gasteiger partial charge on any atom is -0.357 e. The molecule has 1 fully saturated rings. The third kappa shape index (κ3) is 11.2. The van der Waals surface area contributed by atoms with Gasteiger partial charge in [0.05, 0.1) is 0 Å². The van der Waals surface area contributed by atoms with E-state index in [9.17, 15) is 0 Å². The van der Waals surface area contributed by atoms with Gasteiger partial charge in [-0.15, -0.1) is 0 Å². The van der Waals surface area contributed by atoms with Gasteiger partial charge in [-0.2, -0.15) is 0 Å². The van der Waals surface area contributed by atoms with Gasteiger partial charge in [0.2, 0.25) is 0 Å². The second-order valence-electron chi connectivity index (χ2n) is 6.40. The van der Waals surface area contributed by atoms with Crippen LogP contribution in [0.4, 0.5) is 0 Å². The molecule has 0 aromatic carbocycles. The molecule has 22 heavy (non-hydrogen) atoms. The molecule has 0 amide bonds. The molecule has 0 bridgehead atoms. The summed E-state index contributed by atoms with van der Waals surface area (Å²) in [5.74, 6) is 1.26. The van der Waals surface area contributed by atoms with Crippen LogP contribution in [-0.2, 0) is 0 Å².